The summed E-state index contributed by atoms with van der Waals surface area (Å²) in [6.07, 6.45) is 2.93. The molecule has 148 valence electrons. The van der Waals surface area contributed by atoms with Crippen LogP contribution in [0.3, 0.4) is 0 Å². The number of benzene rings is 2. The van der Waals surface area contributed by atoms with E-state index >= 15 is 0 Å². The average molecular weight is 415 g/mol. The zero-order valence-corrected chi connectivity index (χ0v) is 18.7. The molecule has 0 saturated heterocycles. The van der Waals surface area contributed by atoms with Crippen molar-refractivity contribution in [3.63, 3.8) is 0 Å². The van der Waals surface area contributed by atoms with Crippen LogP contribution < -0.4 is 0 Å². The van der Waals surface area contributed by atoms with Crippen LogP contribution in [0.15, 0.2) is 75.3 Å². The first-order valence-corrected chi connectivity index (χ1v) is 8.55. The topological polar surface area (TPSA) is 37.1 Å². The van der Waals surface area contributed by atoms with Crippen LogP contribution in [0.5, 0.6) is 0 Å². The zero-order valence-electron chi connectivity index (χ0n) is 17.6. The molecular formula is C24H29FeN3. The number of para-hydroxylation sites is 2. The van der Waals surface area contributed by atoms with Crippen LogP contribution in [0.2, 0.25) is 0 Å². The number of aryl methyl sites for hydroxylation is 2. The van der Waals surface area contributed by atoms with Gasteiger partial charge in [0.1, 0.15) is 0 Å². The number of hydrogen-bond acceptors (Lipinski definition) is 3. The normalized spacial score (nSPS) is 13.6. The summed E-state index contributed by atoms with van der Waals surface area (Å²) in [4.78, 5) is 14.2. The minimum Gasteiger partial charge on any atom is -0.358 e. The summed E-state index contributed by atoms with van der Waals surface area (Å²) in [6.45, 7) is 8.18. The summed E-state index contributed by atoms with van der Waals surface area (Å²) in [6, 6.07) is 16.3. The van der Waals surface area contributed by atoms with Gasteiger partial charge in [0.15, 0.2) is 0 Å². The van der Waals surface area contributed by atoms with Gasteiger partial charge in [-0.2, -0.15) is 0 Å². The number of nitrogens with zero attached hydrogens (tertiary/aromatic N) is 3. The maximum Gasteiger partial charge on any atom is 2.00 e. The largest absolute Gasteiger partial charge is 2.00 e. The van der Waals surface area contributed by atoms with Crippen molar-refractivity contribution >= 4 is 28.5 Å². The van der Waals surface area contributed by atoms with E-state index < -0.39 is 0 Å². The molecule has 4 heteroatoms. The van der Waals surface area contributed by atoms with E-state index in [1.54, 1.807) is 0 Å². The Morgan fingerprint density at radius 1 is 0.786 bits per heavy atom. The molecular weight excluding hydrogens is 386 g/mol. The van der Waals surface area contributed by atoms with Crippen molar-refractivity contribution in [2.45, 2.75) is 34.1 Å². The van der Waals surface area contributed by atoms with Crippen LogP contribution in [0.25, 0.3) is 0 Å². The Labute approximate surface area is 180 Å². The van der Waals surface area contributed by atoms with Crippen LogP contribution in [-0.2, 0) is 17.1 Å². The van der Waals surface area contributed by atoms with Gasteiger partial charge >= 0.3 is 17.1 Å². The fourth-order valence-corrected chi connectivity index (χ4v) is 2.75. The summed E-state index contributed by atoms with van der Waals surface area (Å²) in [5.41, 5.74) is 8.19. The number of rotatable bonds is 4. The Hall–Kier alpha value is -2.29. The van der Waals surface area contributed by atoms with E-state index in [0.717, 1.165) is 40.6 Å². The van der Waals surface area contributed by atoms with E-state index in [2.05, 4.69) is 32.1 Å². The SMILES string of the molecule is CC(=Nc1ccccc1C)C1=CCC(C(C)=Nc2ccccc2C)=N1.[CH3-].[CH3-].[Fe+2]. The van der Waals surface area contributed by atoms with Gasteiger partial charge in [-0.15, -0.1) is 0 Å². The Bertz CT molecular complexity index is 921. The predicted molar refractivity (Wildman–Crippen MR) is 121 cm³/mol. The first-order chi connectivity index (χ1) is 12.0. The monoisotopic (exact) mass is 415 g/mol. The molecule has 3 nitrogen and oxygen atoms in total. The summed E-state index contributed by atoms with van der Waals surface area (Å²) >= 11 is 0. The molecule has 28 heavy (non-hydrogen) atoms. The van der Waals surface area contributed by atoms with E-state index in [4.69, 9.17) is 15.0 Å². The first kappa shape index (κ1) is 25.7. The second-order valence-corrected chi connectivity index (χ2v) is 6.32. The minimum absolute atomic E-state index is 0. The van der Waals surface area contributed by atoms with Gasteiger partial charge in [-0.3, -0.25) is 9.98 Å². The molecule has 0 aliphatic carbocycles. The Morgan fingerprint density at radius 2 is 1.25 bits per heavy atom. The third-order valence-corrected chi connectivity index (χ3v) is 4.34. The number of hydrogen-bond donors (Lipinski definition) is 0. The van der Waals surface area contributed by atoms with E-state index in [9.17, 15) is 0 Å². The molecule has 0 radical (unpaired) electrons. The van der Waals surface area contributed by atoms with Gasteiger partial charge in [0, 0.05) is 6.42 Å². The van der Waals surface area contributed by atoms with E-state index in [-0.39, 0.29) is 31.9 Å². The van der Waals surface area contributed by atoms with E-state index in [1.807, 2.05) is 50.2 Å². The van der Waals surface area contributed by atoms with Crippen LogP contribution in [0.4, 0.5) is 11.4 Å². The Kier molecular flexibility index (Phi) is 10.6. The average Bonchev–Trinajstić information content (AvgIpc) is 3.09. The molecule has 0 fully saturated rings. The molecule has 1 aliphatic heterocycles. The zero-order chi connectivity index (χ0) is 17.8. The molecule has 0 bridgehead atoms. The molecule has 0 spiro atoms. The van der Waals surface area contributed by atoms with Crippen LogP contribution in [0, 0.1) is 28.7 Å². The van der Waals surface area contributed by atoms with Gasteiger partial charge in [0.25, 0.3) is 0 Å². The Morgan fingerprint density at radius 3 is 1.75 bits per heavy atom. The number of aliphatic imine (C=N–C) groups is 3. The molecule has 0 aromatic heterocycles. The number of allylic oxidation sites excluding steroid dienone is 2. The predicted octanol–water partition coefficient (Wildman–Crippen LogP) is 6.82. The molecule has 0 N–H and O–H groups in total. The van der Waals surface area contributed by atoms with Crippen molar-refractivity contribution < 1.29 is 17.1 Å². The molecule has 1 heterocycles. The van der Waals surface area contributed by atoms with Gasteiger partial charge in [-0.05, 0) is 51.0 Å². The summed E-state index contributed by atoms with van der Waals surface area (Å²) < 4.78 is 0. The van der Waals surface area contributed by atoms with Crippen LogP contribution in [-0.4, -0.2) is 17.1 Å². The quantitative estimate of drug-likeness (QED) is 0.299. The molecule has 2 aromatic carbocycles. The first-order valence-electron chi connectivity index (χ1n) is 8.55. The smallest absolute Gasteiger partial charge is 0.358 e. The van der Waals surface area contributed by atoms with Crippen LogP contribution in [0.1, 0.15) is 31.4 Å². The van der Waals surface area contributed by atoms with Gasteiger partial charge in [0.2, 0.25) is 0 Å². The fraction of sp³-hybridized carbons (Fsp3) is 0.208. The van der Waals surface area contributed by atoms with Crippen molar-refractivity contribution in [1.29, 1.82) is 0 Å². The molecule has 0 saturated carbocycles. The molecule has 3 rings (SSSR count). The third kappa shape index (κ3) is 6.12. The van der Waals surface area contributed by atoms with Crippen molar-refractivity contribution in [2.24, 2.45) is 15.0 Å². The van der Waals surface area contributed by atoms with Gasteiger partial charge in [0.05, 0.1) is 34.2 Å². The molecule has 1 aliphatic rings. The maximum atomic E-state index is 4.76. The maximum absolute atomic E-state index is 4.76. The summed E-state index contributed by atoms with van der Waals surface area (Å²) in [7, 11) is 0. The third-order valence-electron chi connectivity index (χ3n) is 4.34. The van der Waals surface area contributed by atoms with Crippen molar-refractivity contribution in [2.75, 3.05) is 0 Å². The van der Waals surface area contributed by atoms with Crippen molar-refractivity contribution in [1.82, 2.24) is 0 Å². The van der Waals surface area contributed by atoms with E-state index in [1.165, 1.54) is 11.1 Å². The molecule has 2 aromatic rings. The van der Waals surface area contributed by atoms with Gasteiger partial charge < -0.3 is 14.9 Å². The Balaban J connectivity index is 0.00000243. The molecule has 0 atom stereocenters. The van der Waals surface area contributed by atoms with Crippen molar-refractivity contribution in [3.8, 4) is 0 Å². The second-order valence-electron chi connectivity index (χ2n) is 6.32. The van der Waals surface area contributed by atoms with Crippen molar-refractivity contribution in [3.05, 3.63) is 86.3 Å². The standard InChI is InChI=1S/C22H23N3.2CH3.Fe/c1-15-9-5-7-11-19(15)23-17(3)21-13-14-22(25-21)18(4)24-20-12-8-6-10-16(20)2;;;/h5-13H,14H2,1-4H3;2*1H3;/q;2*-1;+2. The summed E-state index contributed by atoms with van der Waals surface area (Å²) in [5, 5.41) is 0. The molecule has 0 unspecified atom stereocenters. The van der Waals surface area contributed by atoms with Gasteiger partial charge in [-0.1, -0.05) is 42.5 Å². The second kappa shape index (κ2) is 11.5. The van der Waals surface area contributed by atoms with Crippen LogP contribution >= 0.6 is 0 Å². The fourth-order valence-electron chi connectivity index (χ4n) is 2.75. The van der Waals surface area contributed by atoms with E-state index in [0.29, 0.717) is 0 Å². The van der Waals surface area contributed by atoms with Gasteiger partial charge in [-0.25, -0.2) is 4.99 Å². The summed E-state index contributed by atoms with van der Waals surface area (Å²) in [5.74, 6) is 0. The minimum atomic E-state index is 0. The molecule has 0 amide bonds.